The number of benzene rings is 3. The highest BCUT2D eigenvalue weighted by molar-refractivity contribution is 7.98. The summed E-state index contributed by atoms with van der Waals surface area (Å²) in [6, 6.07) is 25.3. The van der Waals surface area contributed by atoms with E-state index in [2.05, 4.69) is 15.5 Å². The van der Waals surface area contributed by atoms with Gasteiger partial charge in [0.15, 0.2) is 6.10 Å². The molecule has 0 fully saturated rings. The molecule has 0 saturated heterocycles. The van der Waals surface area contributed by atoms with Crippen molar-refractivity contribution in [2.24, 2.45) is 5.10 Å². The predicted molar refractivity (Wildman–Crippen MR) is 137 cm³/mol. The minimum absolute atomic E-state index is 0.330. The lowest BCUT2D eigenvalue weighted by atomic mass is 10.1. The number of nitrogens with zero attached hydrogens (tertiary/aromatic N) is 2. The Bertz CT molecular complexity index is 1290. The van der Waals surface area contributed by atoms with Crippen LogP contribution in [0.4, 0.5) is 0 Å². The molecule has 0 bridgehead atoms. The first-order chi connectivity index (χ1) is 16.6. The van der Waals surface area contributed by atoms with Gasteiger partial charge >= 0.3 is 0 Å². The lowest BCUT2D eigenvalue weighted by Gasteiger charge is -2.13. The fourth-order valence-electron chi connectivity index (χ4n) is 3.34. The van der Waals surface area contributed by atoms with Crippen LogP contribution in [0.3, 0.4) is 0 Å². The molecule has 3 aromatic carbocycles. The SMILES string of the molecule is COc1ccc(/C=N\NC(=O)[C@@H](C)Oc2ccc3ccccc3c2)cc1CSc1ccccn1. The van der Waals surface area contributed by atoms with Gasteiger partial charge in [-0.05, 0) is 65.7 Å². The first-order valence-corrected chi connectivity index (χ1v) is 11.8. The first kappa shape index (κ1) is 23.3. The molecule has 7 heteroatoms. The first-order valence-electron chi connectivity index (χ1n) is 10.8. The summed E-state index contributed by atoms with van der Waals surface area (Å²) in [4.78, 5) is 16.8. The molecule has 0 radical (unpaired) electrons. The number of nitrogens with one attached hydrogen (secondary N) is 1. The maximum Gasteiger partial charge on any atom is 0.280 e. The number of hydrogen-bond acceptors (Lipinski definition) is 6. The fourth-order valence-corrected chi connectivity index (χ4v) is 4.17. The summed E-state index contributed by atoms with van der Waals surface area (Å²) in [6.07, 6.45) is 2.69. The van der Waals surface area contributed by atoms with Gasteiger partial charge in [0.1, 0.15) is 11.5 Å². The summed E-state index contributed by atoms with van der Waals surface area (Å²) in [5.41, 5.74) is 4.42. The number of amides is 1. The van der Waals surface area contributed by atoms with Crippen LogP contribution in [0.25, 0.3) is 10.8 Å². The third-order valence-corrected chi connectivity index (χ3v) is 6.10. The molecule has 0 unspecified atom stereocenters. The molecule has 1 amide bonds. The normalized spacial score (nSPS) is 11.9. The smallest absolute Gasteiger partial charge is 0.280 e. The van der Waals surface area contributed by atoms with E-state index in [4.69, 9.17) is 9.47 Å². The summed E-state index contributed by atoms with van der Waals surface area (Å²) in [5, 5.41) is 7.22. The van der Waals surface area contributed by atoms with Crippen molar-refractivity contribution in [3.8, 4) is 11.5 Å². The molecule has 0 aliphatic heterocycles. The molecular weight excluding hydrogens is 446 g/mol. The van der Waals surface area contributed by atoms with E-state index in [-0.39, 0.29) is 5.91 Å². The van der Waals surface area contributed by atoms with Crippen molar-refractivity contribution in [3.63, 3.8) is 0 Å². The van der Waals surface area contributed by atoms with E-state index >= 15 is 0 Å². The maximum absolute atomic E-state index is 12.4. The highest BCUT2D eigenvalue weighted by Crippen LogP contribution is 2.27. The number of rotatable bonds is 9. The fraction of sp³-hybridized carbons (Fsp3) is 0.148. The molecule has 4 aromatic rings. The maximum atomic E-state index is 12.4. The number of aromatic nitrogens is 1. The van der Waals surface area contributed by atoms with E-state index in [0.29, 0.717) is 11.5 Å². The lowest BCUT2D eigenvalue weighted by Crippen LogP contribution is -2.33. The number of carbonyl (C=O) groups excluding carboxylic acids is 1. The third kappa shape index (κ3) is 6.14. The topological polar surface area (TPSA) is 72.8 Å². The van der Waals surface area contributed by atoms with Crippen LogP contribution in [0.1, 0.15) is 18.1 Å². The predicted octanol–water partition coefficient (Wildman–Crippen LogP) is 5.45. The Morgan fingerprint density at radius 1 is 1.06 bits per heavy atom. The van der Waals surface area contributed by atoms with Gasteiger partial charge in [-0.1, -0.05) is 36.4 Å². The highest BCUT2D eigenvalue weighted by atomic mass is 32.2. The molecule has 0 aliphatic carbocycles. The van der Waals surface area contributed by atoms with Crippen LogP contribution in [-0.2, 0) is 10.5 Å². The zero-order valence-electron chi connectivity index (χ0n) is 19.0. The Hall–Kier alpha value is -3.84. The van der Waals surface area contributed by atoms with Crippen molar-refractivity contribution in [1.29, 1.82) is 0 Å². The van der Waals surface area contributed by atoms with Gasteiger partial charge < -0.3 is 9.47 Å². The van der Waals surface area contributed by atoms with E-state index in [1.165, 1.54) is 0 Å². The number of ether oxygens (including phenoxy) is 2. The second-order valence-corrected chi connectivity index (χ2v) is 8.53. The Balaban J connectivity index is 1.35. The second kappa shape index (κ2) is 11.3. The second-order valence-electron chi connectivity index (χ2n) is 7.53. The summed E-state index contributed by atoms with van der Waals surface area (Å²) in [7, 11) is 1.65. The summed E-state index contributed by atoms with van der Waals surface area (Å²) in [6.45, 7) is 1.69. The molecule has 1 atom stereocenters. The van der Waals surface area contributed by atoms with E-state index in [9.17, 15) is 4.79 Å². The molecule has 4 rings (SSSR count). The van der Waals surface area contributed by atoms with Crippen LogP contribution in [0.15, 0.2) is 95.2 Å². The zero-order chi connectivity index (χ0) is 23.8. The van der Waals surface area contributed by atoms with Crippen LogP contribution in [0.5, 0.6) is 11.5 Å². The van der Waals surface area contributed by atoms with Crippen molar-refractivity contribution in [2.45, 2.75) is 23.8 Å². The molecule has 1 aromatic heterocycles. The summed E-state index contributed by atoms with van der Waals surface area (Å²) in [5.74, 6) is 1.80. The molecule has 172 valence electrons. The van der Waals surface area contributed by atoms with Gasteiger partial charge in [0.25, 0.3) is 5.91 Å². The van der Waals surface area contributed by atoms with Gasteiger partial charge in [0, 0.05) is 17.5 Å². The van der Waals surface area contributed by atoms with Crippen LogP contribution in [0, 0.1) is 0 Å². The number of methoxy groups -OCH3 is 1. The largest absolute Gasteiger partial charge is 0.496 e. The Kier molecular flexibility index (Phi) is 7.78. The lowest BCUT2D eigenvalue weighted by molar-refractivity contribution is -0.127. The van der Waals surface area contributed by atoms with Crippen molar-refractivity contribution in [2.75, 3.05) is 7.11 Å². The van der Waals surface area contributed by atoms with Crippen molar-refractivity contribution in [3.05, 3.63) is 96.2 Å². The van der Waals surface area contributed by atoms with E-state index in [1.807, 2.05) is 78.9 Å². The molecular formula is C27H25N3O3S. The number of hydrazone groups is 1. The van der Waals surface area contributed by atoms with Crippen LogP contribution < -0.4 is 14.9 Å². The van der Waals surface area contributed by atoms with Crippen LogP contribution >= 0.6 is 11.8 Å². The van der Waals surface area contributed by atoms with E-state index in [0.717, 1.165) is 32.7 Å². The average molecular weight is 472 g/mol. The van der Waals surface area contributed by atoms with Gasteiger partial charge in [-0.15, -0.1) is 11.8 Å². The molecule has 34 heavy (non-hydrogen) atoms. The summed E-state index contributed by atoms with van der Waals surface area (Å²) >= 11 is 1.62. The molecule has 0 saturated carbocycles. The zero-order valence-corrected chi connectivity index (χ0v) is 19.8. The van der Waals surface area contributed by atoms with Crippen molar-refractivity contribution in [1.82, 2.24) is 10.4 Å². The van der Waals surface area contributed by atoms with Gasteiger partial charge in [0.05, 0.1) is 18.4 Å². The molecule has 0 aliphatic rings. The van der Waals surface area contributed by atoms with Crippen LogP contribution in [-0.4, -0.2) is 30.3 Å². The standard InChI is InChI=1S/C27H25N3O3S/c1-19(33-24-12-11-21-7-3-4-8-22(21)16-24)27(31)30-29-17-20-10-13-25(32-2)23(15-20)18-34-26-9-5-6-14-28-26/h3-17,19H,18H2,1-2H3,(H,30,31)/b29-17-/t19-/m1/s1. The minimum atomic E-state index is -0.695. The molecule has 1 N–H and O–H groups in total. The summed E-state index contributed by atoms with van der Waals surface area (Å²) < 4.78 is 11.3. The minimum Gasteiger partial charge on any atom is -0.496 e. The highest BCUT2D eigenvalue weighted by Gasteiger charge is 2.14. The Labute approximate surface area is 203 Å². The van der Waals surface area contributed by atoms with E-state index in [1.54, 1.807) is 38.2 Å². The Morgan fingerprint density at radius 3 is 2.68 bits per heavy atom. The number of thioether (sulfide) groups is 1. The van der Waals surface area contributed by atoms with Gasteiger partial charge in [-0.2, -0.15) is 5.10 Å². The average Bonchev–Trinajstić information content (AvgIpc) is 2.88. The van der Waals surface area contributed by atoms with Crippen LogP contribution in [0.2, 0.25) is 0 Å². The number of carbonyl (C=O) groups is 1. The number of hydrogen-bond donors (Lipinski definition) is 1. The quantitative estimate of drug-likeness (QED) is 0.200. The molecule has 1 heterocycles. The monoisotopic (exact) mass is 471 g/mol. The van der Waals surface area contributed by atoms with Crippen molar-refractivity contribution < 1.29 is 14.3 Å². The van der Waals surface area contributed by atoms with Gasteiger partial charge in [-0.25, -0.2) is 10.4 Å². The third-order valence-electron chi connectivity index (χ3n) is 5.11. The number of pyridine rings is 1. The van der Waals surface area contributed by atoms with E-state index < -0.39 is 6.10 Å². The molecule has 0 spiro atoms. The van der Waals surface area contributed by atoms with Gasteiger partial charge in [0.2, 0.25) is 0 Å². The van der Waals surface area contributed by atoms with Crippen molar-refractivity contribution >= 4 is 34.7 Å². The molecule has 6 nitrogen and oxygen atoms in total. The number of fused-ring (bicyclic) bond motifs is 1. The van der Waals surface area contributed by atoms with Gasteiger partial charge in [-0.3, -0.25) is 4.79 Å². The Morgan fingerprint density at radius 2 is 1.88 bits per heavy atom.